The summed E-state index contributed by atoms with van der Waals surface area (Å²) in [6, 6.07) is 22.6. The molecule has 2 unspecified atom stereocenters. The van der Waals surface area contributed by atoms with E-state index in [0.29, 0.717) is 61.1 Å². The molecule has 9 rings (SSSR count). The van der Waals surface area contributed by atoms with Crippen molar-refractivity contribution < 1.29 is 19.1 Å². The molecule has 0 radical (unpaired) electrons. The van der Waals surface area contributed by atoms with Gasteiger partial charge in [-0.3, -0.25) is 9.59 Å². The fourth-order valence-electron chi connectivity index (χ4n) is 8.21. The zero-order valence-corrected chi connectivity index (χ0v) is 38.8. The predicted octanol–water partition coefficient (Wildman–Crippen LogP) is 8.61. The Morgan fingerprint density at radius 3 is 1.70 bits per heavy atom. The number of benzene rings is 4. The van der Waals surface area contributed by atoms with E-state index in [4.69, 9.17) is 75.8 Å². The maximum atomic E-state index is 12.4. The Bertz CT molecular complexity index is 2700. The summed E-state index contributed by atoms with van der Waals surface area (Å²) in [7, 11) is 4.26. The summed E-state index contributed by atoms with van der Waals surface area (Å²) in [5, 5.41) is 12.7. The SMILES string of the molecule is Cc1nc(N2CC3CC2CN3)nc2ccc(NC(=O)COc3ccc(Cl)cc3Cl)cc12.Cc1nc(N2CCC(N(C)C)CC2)nc2ccc(NC(=O)COc3ccc(Cl)cc3Cl)cc12. The van der Waals surface area contributed by atoms with Crippen LogP contribution in [0.3, 0.4) is 0 Å². The number of carbonyl (C=O) groups is 2. The van der Waals surface area contributed by atoms with Gasteiger partial charge in [0.05, 0.1) is 32.5 Å². The molecule has 3 aliphatic rings. The number of nitrogens with one attached hydrogen (secondary N) is 3. The molecule has 4 aromatic carbocycles. The Morgan fingerprint density at radius 2 is 1.23 bits per heavy atom. The lowest BCUT2D eigenvalue weighted by Gasteiger charge is -2.35. The molecular formula is C46H48Cl4N10O4. The second-order valence-electron chi connectivity index (χ2n) is 16.3. The number of piperidine rings is 1. The molecule has 2 amide bonds. The van der Waals surface area contributed by atoms with E-state index in [1.165, 1.54) is 0 Å². The van der Waals surface area contributed by atoms with Crippen LogP contribution in [0.15, 0.2) is 72.8 Å². The van der Waals surface area contributed by atoms with Gasteiger partial charge in [0.15, 0.2) is 13.2 Å². The van der Waals surface area contributed by atoms with E-state index in [1.807, 2.05) is 50.2 Å². The third-order valence-electron chi connectivity index (χ3n) is 11.6. The minimum atomic E-state index is -0.292. The zero-order chi connectivity index (χ0) is 45.1. The Hall–Kier alpha value is -5.22. The average Bonchev–Trinajstić information content (AvgIpc) is 3.91. The van der Waals surface area contributed by atoms with Gasteiger partial charge in [-0.25, -0.2) is 19.9 Å². The van der Waals surface area contributed by atoms with Crippen molar-refractivity contribution in [3.63, 3.8) is 0 Å². The van der Waals surface area contributed by atoms with Gasteiger partial charge in [0.25, 0.3) is 11.8 Å². The molecule has 0 aliphatic carbocycles. The minimum absolute atomic E-state index is 0.167. The Labute approximate surface area is 391 Å². The second kappa shape index (κ2) is 19.9. The number of amides is 2. The van der Waals surface area contributed by atoms with E-state index < -0.39 is 0 Å². The van der Waals surface area contributed by atoms with Crippen LogP contribution in [0.25, 0.3) is 21.8 Å². The van der Waals surface area contributed by atoms with Gasteiger partial charge in [0.2, 0.25) is 11.9 Å². The van der Waals surface area contributed by atoms with E-state index in [0.717, 1.165) is 90.5 Å². The third kappa shape index (κ3) is 10.8. The summed E-state index contributed by atoms with van der Waals surface area (Å²) in [5.74, 6) is 1.77. The summed E-state index contributed by atoms with van der Waals surface area (Å²) in [6.07, 6.45) is 3.35. The highest BCUT2D eigenvalue weighted by atomic mass is 35.5. The lowest BCUT2D eigenvalue weighted by atomic mass is 10.0. The number of piperazine rings is 1. The van der Waals surface area contributed by atoms with Gasteiger partial charge in [-0.05, 0) is 120 Å². The van der Waals surface area contributed by atoms with E-state index >= 15 is 0 Å². The summed E-state index contributed by atoms with van der Waals surface area (Å²) in [6.45, 7) is 7.42. The van der Waals surface area contributed by atoms with Crippen molar-refractivity contribution >= 4 is 103 Å². The molecule has 2 atom stereocenters. The van der Waals surface area contributed by atoms with Crippen molar-refractivity contribution in [1.29, 1.82) is 0 Å². The van der Waals surface area contributed by atoms with Crippen LogP contribution in [0.4, 0.5) is 23.3 Å². The van der Waals surface area contributed by atoms with Crippen molar-refractivity contribution in [1.82, 2.24) is 30.2 Å². The minimum Gasteiger partial charge on any atom is -0.482 e. The van der Waals surface area contributed by atoms with Crippen LogP contribution < -0.4 is 35.2 Å². The fourth-order valence-corrected chi connectivity index (χ4v) is 9.14. The molecule has 2 bridgehead atoms. The maximum Gasteiger partial charge on any atom is 0.262 e. The standard InChI is InChI=1S/C24H27Cl2N5O2.C22H21Cl2N5O2/c1-15-19-13-17(28-23(32)14-33-22-7-4-16(25)12-20(22)26)5-6-21(19)29-24(27-15)31-10-8-18(9-11-31)30(2)3;1-12-17-8-14(27-21(30)11-31-20-5-2-13(23)6-18(20)24)3-4-19(17)28-22(26-12)29-10-15-7-16(29)9-25-15/h4-7,12-13,18H,8-11,14H2,1-3H3,(H,28,32);2-6,8,15-16,25H,7,9-11H2,1H3,(H,27,30). The fraction of sp³-hybridized carbons (Fsp3) is 0.348. The van der Waals surface area contributed by atoms with E-state index in [9.17, 15) is 9.59 Å². The van der Waals surface area contributed by atoms with Crippen LogP contribution in [0.5, 0.6) is 11.5 Å². The molecule has 0 saturated carbocycles. The molecule has 3 aliphatic heterocycles. The lowest BCUT2D eigenvalue weighted by molar-refractivity contribution is -0.118. The molecule has 0 spiro atoms. The van der Waals surface area contributed by atoms with E-state index in [1.54, 1.807) is 36.4 Å². The van der Waals surface area contributed by atoms with Crippen molar-refractivity contribution in [2.24, 2.45) is 0 Å². The first-order valence-corrected chi connectivity index (χ1v) is 22.5. The number of fused-ring (bicyclic) bond motifs is 4. The number of carbonyl (C=O) groups excluding carboxylic acids is 2. The third-order valence-corrected chi connectivity index (χ3v) is 12.7. The first kappa shape index (κ1) is 45.4. The predicted molar refractivity (Wildman–Crippen MR) is 256 cm³/mol. The zero-order valence-electron chi connectivity index (χ0n) is 35.8. The van der Waals surface area contributed by atoms with Crippen LogP contribution in [-0.2, 0) is 9.59 Å². The molecule has 64 heavy (non-hydrogen) atoms. The molecular weight excluding hydrogens is 898 g/mol. The number of halogens is 4. The number of rotatable bonds is 11. The number of aromatic nitrogens is 4. The highest BCUT2D eigenvalue weighted by Gasteiger charge is 2.39. The summed E-state index contributed by atoms with van der Waals surface area (Å²) < 4.78 is 11.0. The largest absolute Gasteiger partial charge is 0.482 e. The number of hydrogen-bond acceptors (Lipinski definition) is 12. The van der Waals surface area contributed by atoms with Crippen molar-refractivity contribution in [2.75, 3.05) is 73.9 Å². The van der Waals surface area contributed by atoms with Crippen molar-refractivity contribution in [2.45, 2.75) is 51.2 Å². The van der Waals surface area contributed by atoms with Crippen LogP contribution in [0.2, 0.25) is 20.1 Å². The molecule has 334 valence electrons. The normalized spacial score (nSPS) is 17.1. The number of aryl methyl sites for hydroxylation is 2. The summed E-state index contributed by atoms with van der Waals surface area (Å²) in [5.41, 5.74) is 4.80. The highest BCUT2D eigenvalue weighted by Crippen LogP contribution is 2.32. The quantitative estimate of drug-likeness (QED) is 0.114. The van der Waals surface area contributed by atoms with E-state index in [-0.39, 0.29) is 25.0 Å². The number of hydrogen-bond donors (Lipinski definition) is 3. The average molecular weight is 947 g/mol. The number of anilines is 4. The molecule has 2 aromatic heterocycles. The highest BCUT2D eigenvalue weighted by molar-refractivity contribution is 6.36. The molecule has 3 saturated heterocycles. The van der Waals surface area contributed by atoms with Crippen LogP contribution >= 0.6 is 46.4 Å². The number of ether oxygens (including phenoxy) is 2. The lowest BCUT2D eigenvalue weighted by Crippen LogP contribution is -2.44. The summed E-state index contributed by atoms with van der Waals surface area (Å²) >= 11 is 23.9. The molecule has 18 heteroatoms. The molecule has 3 N–H and O–H groups in total. The summed E-state index contributed by atoms with van der Waals surface area (Å²) in [4.78, 5) is 50.6. The van der Waals surface area contributed by atoms with Crippen LogP contribution in [-0.4, -0.2) is 108 Å². The molecule has 6 aromatic rings. The van der Waals surface area contributed by atoms with Crippen LogP contribution in [0, 0.1) is 13.8 Å². The van der Waals surface area contributed by atoms with Gasteiger partial charge in [-0.15, -0.1) is 0 Å². The number of nitrogens with zero attached hydrogens (tertiary/aromatic N) is 7. The van der Waals surface area contributed by atoms with Gasteiger partial charge in [0, 0.05) is 76.5 Å². The topological polar surface area (TPSA) is 150 Å². The van der Waals surface area contributed by atoms with Crippen LogP contribution in [0.1, 0.15) is 30.7 Å². The van der Waals surface area contributed by atoms with Gasteiger partial charge in [-0.2, -0.15) is 0 Å². The van der Waals surface area contributed by atoms with Gasteiger partial charge >= 0.3 is 0 Å². The second-order valence-corrected chi connectivity index (χ2v) is 18.0. The molecule has 14 nitrogen and oxygen atoms in total. The van der Waals surface area contributed by atoms with Crippen molar-refractivity contribution in [3.05, 3.63) is 104 Å². The van der Waals surface area contributed by atoms with Gasteiger partial charge < -0.3 is 40.1 Å². The first-order chi connectivity index (χ1) is 30.8. The smallest absolute Gasteiger partial charge is 0.262 e. The van der Waals surface area contributed by atoms with Gasteiger partial charge in [0.1, 0.15) is 11.5 Å². The Balaban J connectivity index is 0.000000175. The van der Waals surface area contributed by atoms with Gasteiger partial charge in [-0.1, -0.05) is 46.4 Å². The maximum absolute atomic E-state index is 12.4. The van der Waals surface area contributed by atoms with Crippen molar-refractivity contribution in [3.8, 4) is 11.5 Å². The molecule has 3 fully saturated rings. The Kier molecular flexibility index (Phi) is 14.1. The Morgan fingerprint density at radius 1 is 0.719 bits per heavy atom. The molecule has 5 heterocycles. The first-order valence-electron chi connectivity index (χ1n) is 21.0. The monoisotopic (exact) mass is 944 g/mol. The van der Waals surface area contributed by atoms with E-state index in [2.05, 4.69) is 44.7 Å².